The number of halogens is 1. The third-order valence-corrected chi connectivity index (χ3v) is 3.01. The van der Waals surface area contributed by atoms with Crippen LogP contribution < -0.4 is 10.2 Å². The topological polar surface area (TPSA) is 71.9 Å². The Labute approximate surface area is 119 Å². The Bertz CT molecular complexity index is 652. The van der Waals surface area contributed by atoms with Gasteiger partial charge in [0, 0.05) is 5.02 Å². The summed E-state index contributed by atoms with van der Waals surface area (Å²) in [6.07, 6.45) is 1.37. The van der Waals surface area contributed by atoms with E-state index in [-0.39, 0.29) is 12.5 Å². The van der Waals surface area contributed by atoms with E-state index in [4.69, 9.17) is 28.6 Å². The second-order valence-corrected chi connectivity index (χ2v) is 4.56. The number of carbonyl (C=O) groups is 1. The van der Waals surface area contributed by atoms with Crippen molar-refractivity contribution in [2.45, 2.75) is 6.92 Å². The lowest BCUT2D eigenvalue weighted by Gasteiger charge is -2.08. The number of nitrogens with zero attached hydrogens (tertiary/aromatic N) is 2. The molecule has 0 radical (unpaired) electrons. The van der Waals surface area contributed by atoms with E-state index in [1.807, 2.05) is 6.92 Å². The Hall–Kier alpha value is -1.86. The van der Waals surface area contributed by atoms with Crippen LogP contribution in [0.3, 0.4) is 0 Å². The van der Waals surface area contributed by atoms with E-state index in [1.165, 1.54) is 11.0 Å². The first kappa shape index (κ1) is 13.6. The van der Waals surface area contributed by atoms with Crippen molar-refractivity contribution < 1.29 is 9.53 Å². The molecule has 0 aliphatic carbocycles. The number of amides is 1. The first-order valence-corrected chi connectivity index (χ1v) is 6.16. The highest BCUT2D eigenvalue weighted by atomic mass is 35.5. The minimum Gasteiger partial charge on any atom is -0.484 e. The van der Waals surface area contributed by atoms with Crippen molar-refractivity contribution in [2.75, 3.05) is 12.0 Å². The molecule has 1 aromatic carbocycles. The molecule has 2 aromatic rings. The van der Waals surface area contributed by atoms with Crippen LogP contribution >= 0.6 is 23.8 Å². The fraction of sp³-hybridized carbons (Fsp3) is 0.182. The normalized spacial score (nSPS) is 10.2. The molecule has 0 aliphatic rings. The van der Waals surface area contributed by atoms with Gasteiger partial charge in [-0.1, -0.05) is 11.6 Å². The number of aromatic amines is 1. The summed E-state index contributed by atoms with van der Waals surface area (Å²) in [5, 5.41) is 6.85. The van der Waals surface area contributed by atoms with Gasteiger partial charge in [-0.25, -0.2) is 4.68 Å². The molecule has 0 fully saturated rings. The Balaban J connectivity index is 1.91. The Morgan fingerprint density at radius 2 is 2.42 bits per heavy atom. The quantitative estimate of drug-likeness (QED) is 0.848. The van der Waals surface area contributed by atoms with Crippen molar-refractivity contribution in [3.63, 3.8) is 0 Å². The first-order valence-electron chi connectivity index (χ1n) is 5.37. The second kappa shape index (κ2) is 5.85. The predicted octanol–water partition coefficient (Wildman–Crippen LogP) is 2.05. The third-order valence-electron chi connectivity index (χ3n) is 2.30. The van der Waals surface area contributed by atoms with Gasteiger partial charge in [-0.05, 0) is 42.9 Å². The van der Waals surface area contributed by atoms with E-state index in [0.29, 0.717) is 15.5 Å². The SMILES string of the molecule is Cc1cc(OCC(=O)Nn2cn[nH]c2=S)ccc1Cl. The maximum Gasteiger partial charge on any atom is 0.276 e. The lowest BCUT2D eigenvalue weighted by molar-refractivity contribution is -0.119. The summed E-state index contributed by atoms with van der Waals surface area (Å²) >= 11 is 10.8. The van der Waals surface area contributed by atoms with Crippen molar-refractivity contribution in [2.24, 2.45) is 0 Å². The van der Waals surface area contributed by atoms with E-state index >= 15 is 0 Å². The van der Waals surface area contributed by atoms with Crippen molar-refractivity contribution in [1.82, 2.24) is 14.9 Å². The van der Waals surface area contributed by atoms with Gasteiger partial charge in [0.2, 0.25) is 4.77 Å². The number of benzene rings is 1. The molecule has 0 unspecified atom stereocenters. The number of aryl methyl sites for hydroxylation is 1. The summed E-state index contributed by atoms with van der Waals surface area (Å²) in [5.41, 5.74) is 3.40. The summed E-state index contributed by atoms with van der Waals surface area (Å²) in [6, 6.07) is 5.18. The van der Waals surface area contributed by atoms with Gasteiger partial charge < -0.3 is 4.74 Å². The maximum absolute atomic E-state index is 11.6. The van der Waals surface area contributed by atoms with Crippen molar-refractivity contribution in [3.05, 3.63) is 39.9 Å². The zero-order valence-corrected chi connectivity index (χ0v) is 11.6. The average molecular weight is 299 g/mol. The maximum atomic E-state index is 11.6. The van der Waals surface area contributed by atoms with E-state index in [9.17, 15) is 4.79 Å². The summed E-state index contributed by atoms with van der Waals surface area (Å²) in [7, 11) is 0. The molecule has 2 rings (SSSR count). The van der Waals surface area contributed by atoms with Crippen LogP contribution in [0, 0.1) is 11.7 Å². The zero-order chi connectivity index (χ0) is 13.8. The second-order valence-electron chi connectivity index (χ2n) is 3.77. The number of hydrogen-bond acceptors (Lipinski definition) is 4. The highest BCUT2D eigenvalue weighted by molar-refractivity contribution is 7.71. The van der Waals surface area contributed by atoms with E-state index < -0.39 is 0 Å². The van der Waals surface area contributed by atoms with Crippen LogP contribution in [0.4, 0.5) is 0 Å². The van der Waals surface area contributed by atoms with Crippen molar-refractivity contribution in [3.8, 4) is 5.75 Å². The molecule has 100 valence electrons. The number of rotatable bonds is 4. The highest BCUT2D eigenvalue weighted by Gasteiger charge is 2.05. The van der Waals surface area contributed by atoms with Crippen molar-refractivity contribution >= 4 is 29.7 Å². The molecular weight excluding hydrogens is 288 g/mol. The molecule has 2 N–H and O–H groups in total. The van der Waals surface area contributed by atoms with Crippen LogP contribution in [0.5, 0.6) is 5.75 Å². The van der Waals surface area contributed by atoms with Gasteiger partial charge in [0.25, 0.3) is 5.91 Å². The Morgan fingerprint density at radius 3 is 3.05 bits per heavy atom. The first-order chi connectivity index (χ1) is 9.06. The summed E-state index contributed by atoms with van der Waals surface area (Å²) in [4.78, 5) is 11.6. The number of ether oxygens (including phenoxy) is 1. The van der Waals surface area contributed by atoms with Gasteiger partial charge in [-0.2, -0.15) is 5.10 Å². The fourth-order valence-electron chi connectivity index (χ4n) is 1.35. The smallest absolute Gasteiger partial charge is 0.276 e. The minimum absolute atomic E-state index is 0.131. The highest BCUT2D eigenvalue weighted by Crippen LogP contribution is 2.20. The van der Waals surface area contributed by atoms with Crippen LogP contribution in [-0.4, -0.2) is 27.4 Å². The number of nitrogens with one attached hydrogen (secondary N) is 2. The van der Waals surface area contributed by atoms with Crippen LogP contribution in [0.1, 0.15) is 5.56 Å². The van der Waals surface area contributed by atoms with Gasteiger partial charge in [-0.3, -0.25) is 15.3 Å². The summed E-state index contributed by atoms with van der Waals surface area (Å²) in [5.74, 6) is 0.234. The van der Waals surface area contributed by atoms with Crippen LogP contribution in [0.25, 0.3) is 0 Å². The van der Waals surface area contributed by atoms with Crippen molar-refractivity contribution in [1.29, 1.82) is 0 Å². The molecule has 1 amide bonds. The fourth-order valence-corrected chi connectivity index (χ4v) is 1.61. The number of H-pyrrole nitrogens is 1. The van der Waals surface area contributed by atoms with Crippen LogP contribution in [0.2, 0.25) is 5.02 Å². The number of aromatic nitrogens is 3. The monoisotopic (exact) mass is 298 g/mol. The number of carbonyl (C=O) groups excluding carboxylic acids is 1. The summed E-state index contributed by atoms with van der Waals surface area (Å²) in [6.45, 7) is 1.73. The van der Waals surface area contributed by atoms with Gasteiger partial charge in [0.05, 0.1) is 0 Å². The minimum atomic E-state index is -0.342. The zero-order valence-electron chi connectivity index (χ0n) is 10.0. The van der Waals surface area contributed by atoms with E-state index in [0.717, 1.165) is 5.56 Å². The lowest BCUT2D eigenvalue weighted by atomic mass is 10.2. The van der Waals surface area contributed by atoms with E-state index in [1.54, 1.807) is 18.2 Å². The van der Waals surface area contributed by atoms with Gasteiger partial charge >= 0.3 is 0 Å². The third kappa shape index (κ3) is 3.55. The lowest BCUT2D eigenvalue weighted by Crippen LogP contribution is -2.27. The predicted molar refractivity (Wildman–Crippen MR) is 73.5 cm³/mol. The molecule has 0 spiro atoms. The van der Waals surface area contributed by atoms with E-state index in [2.05, 4.69) is 15.6 Å². The molecular formula is C11H11ClN4O2S. The van der Waals surface area contributed by atoms with Gasteiger partial charge in [0.1, 0.15) is 12.1 Å². The Kier molecular flexibility index (Phi) is 4.18. The molecule has 8 heteroatoms. The Morgan fingerprint density at radius 1 is 1.63 bits per heavy atom. The molecule has 19 heavy (non-hydrogen) atoms. The van der Waals surface area contributed by atoms with Gasteiger partial charge in [-0.15, -0.1) is 0 Å². The van der Waals surface area contributed by atoms with Crippen LogP contribution in [-0.2, 0) is 4.79 Å². The molecule has 0 bridgehead atoms. The number of hydrogen-bond donors (Lipinski definition) is 2. The molecule has 0 saturated carbocycles. The molecule has 1 aromatic heterocycles. The molecule has 6 nitrogen and oxygen atoms in total. The molecule has 0 aliphatic heterocycles. The summed E-state index contributed by atoms with van der Waals surface area (Å²) < 4.78 is 6.94. The van der Waals surface area contributed by atoms with Crippen LogP contribution in [0.15, 0.2) is 24.5 Å². The largest absolute Gasteiger partial charge is 0.484 e. The average Bonchev–Trinajstić information content (AvgIpc) is 2.77. The molecule has 1 heterocycles. The van der Waals surface area contributed by atoms with Gasteiger partial charge in [0.15, 0.2) is 6.61 Å². The standard InChI is InChI=1S/C11H11ClN4O2S/c1-7-4-8(2-3-9(7)12)18-5-10(17)15-16-6-13-14-11(16)19/h2-4,6H,5H2,1H3,(H,14,19)(H,15,17). The molecule has 0 atom stereocenters. The molecule has 0 saturated heterocycles.